The number of hydrogen-bond donors (Lipinski definition) is 2. The third kappa shape index (κ3) is 5.20. The van der Waals surface area contributed by atoms with Crippen molar-refractivity contribution in [2.75, 3.05) is 25.1 Å². The van der Waals surface area contributed by atoms with Crippen LogP contribution in [0.1, 0.15) is 29.9 Å². The Morgan fingerprint density at radius 2 is 1.96 bits per heavy atom. The molecule has 0 saturated heterocycles. The summed E-state index contributed by atoms with van der Waals surface area (Å²) < 4.78 is 10.2. The second kappa shape index (κ2) is 8.83. The number of benzene rings is 1. The third-order valence-electron chi connectivity index (χ3n) is 3.21. The van der Waals surface area contributed by atoms with Crippen LogP contribution in [0.3, 0.4) is 0 Å². The van der Waals surface area contributed by atoms with E-state index in [2.05, 4.69) is 15.3 Å². The van der Waals surface area contributed by atoms with Crippen molar-refractivity contribution in [3.05, 3.63) is 51.9 Å². The molecule has 128 valence electrons. The standard InChI is InChI=1S/C17H21N3O4/c1-3-13-11-15(21)20-17(18-13)19-14-7-5-12(6-8-14)16(22)24-10-9-23-4-2/h5-8,11H,3-4,9-10H2,1-2H3,(H2,18,19,20,21). The van der Waals surface area contributed by atoms with Crippen LogP contribution in [-0.2, 0) is 15.9 Å². The Bertz CT molecular complexity index is 725. The van der Waals surface area contributed by atoms with Crippen LogP contribution in [-0.4, -0.2) is 35.8 Å². The molecule has 0 spiro atoms. The zero-order valence-electron chi connectivity index (χ0n) is 13.8. The zero-order valence-corrected chi connectivity index (χ0v) is 13.8. The number of carbonyl (C=O) groups excluding carboxylic acids is 1. The van der Waals surface area contributed by atoms with E-state index < -0.39 is 5.97 Å². The predicted octanol–water partition coefficient (Wildman–Crippen LogP) is 2.27. The molecule has 2 aromatic rings. The smallest absolute Gasteiger partial charge is 0.338 e. The van der Waals surface area contributed by atoms with Gasteiger partial charge in [-0.1, -0.05) is 6.92 Å². The normalized spacial score (nSPS) is 10.4. The highest BCUT2D eigenvalue weighted by molar-refractivity contribution is 5.89. The second-order valence-electron chi connectivity index (χ2n) is 4.97. The van der Waals surface area contributed by atoms with Crippen molar-refractivity contribution >= 4 is 17.6 Å². The minimum absolute atomic E-state index is 0.209. The Balaban J connectivity index is 1.98. The Morgan fingerprint density at radius 1 is 1.21 bits per heavy atom. The van der Waals surface area contributed by atoms with Gasteiger partial charge in [0, 0.05) is 24.1 Å². The molecule has 7 nitrogen and oxygen atoms in total. The lowest BCUT2D eigenvalue weighted by Crippen LogP contribution is -2.12. The summed E-state index contributed by atoms with van der Waals surface area (Å²) in [6.07, 6.45) is 0.672. The number of aromatic amines is 1. The molecule has 7 heteroatoms. The molecule has 24 heavy (non-hydrogen) atoms. The minimum Gasteiger partial charge on any atom is -0.460 e. The van der Waals surface area contributed by atoms with Crippen LogP contribution in [0.25, 0.3) is 0 Å². The van der Waals surface area contributed by atoms with E-state index in [0.29, 0.717) is 42.5 Å². The fourth-order valence-corrected chi connectivity index (χ4v) is 2.00. The molecular formula is C17H21N3O4. The summed E-state index contributed by atoms with van der Waals surface area (Å²) in [6, 6.07) is 8.20. The maximum Gasteiger partial charge on any atom is 0.338 e. The molecule has 0 aliphatic carbocycles. The molecule has 0 atom stereocenters. The van der Waals surface area contributed by atoms with Crippen LogP contribution >= 0.6 is 0 Å². The Labute approximate surface area is 140 Å². The third-order valence-corrected chi connectivity index (χ3v) is 3.21. The van der Waals surface area contributed by atoms with E-state index in [1.54, 1.807) is 24.3 Å². The first-order valence-electron chi connectivity index (χ1n) is 7.84. The molecule has 1 aromatic heterocycles. The first kappa shape index (κ1) is 17.7. The van der Waals surface area contributed by atoms with E-state index in [4.69, 9.17) is 9.47 Å². The van der Waals surface area contributed by atoms with Crippen LogP contribution < -0.4 is 10.9 Å². The van der Waals surface area contributed by atoms with Gasteiger partial charge in [-0.2, -0.15) is 0 Å². The second-order valence-corrected chi connectivity index (χ2v) is 4.97. The molecule has 0 amide bonds. The Hall–Kier alpha value is -2.67. The number of rotatable bonds is 8. The molecule has 2 N–H and O–H groups in total. The summed E-state index contributed by atoms with van der Waals surface area (Å²) in [7, 11) is 0. The lowest BCUT2D eigenvalue weighted by atomic mass is 10.2. The number of nitrogens with zero attached hydrogens (tertiary/aromatic N) is 1. The number of aromatic nitrogens is 2. The summed E-state index contributed by atoms with van der Waals surface area (Å²) in [6.45, 7) is 5.01. The quantitative estimate of drug-likeness (QED) is 0.569. The maximum atomic E-state index is 11.8. The maximum absolute atomic E-state index is 11.8. The highest BCUT2D eigenvalue weighted by Crippen LogP contribution is 2.14. The largest absolute Gasteiger partial charge is 0.460 e. The highest BCUT2D eigenvalue weighted by Gasteiger charge is 2.07. The van der Waals surface area contributed by atoms with Crippen LogP contribution in [0, 0.1) is 0 Å². The first-order valence-corrected chi connectivity index (χ1v) is 7.84. The van der Waals surface area contributed by atoms with Crippen molar-refractivity contribution in [2.45, 2.75) is 20.3 Å². The van der Waals surface area contributed by atoms with Gasteiger partial charge >= 0.3 is 5.97 Å². The van der Waals surface area contributed by atoms with Crippen LogP contribution in [0.4, 0.5) is 11.6 Å². The van der Waals surface area contributed by atoms with Gasteiger partial charge in [-0.3, -0.25) is 9.78 Å². The summed E-state index contributed by atoms with van der Waals surface area (Å²) >= 11 is 0. The fraction of sp³-hybridized carbons (Fsp3) is 0.353. The van der Waals surface area contributed by atoms with Crippen molar-refractivity contribution in [3.63, 3.8) is 0 Å². The molecule has 0 fully saturated rings. The van der Waals surface area contributed by atoms with Crippen molar-refractivity contribution in [3.8, 4) is 0 Å². The van der Waals surface area contributed by atoms with Crippen molar-refractivity contribution in [1.29, 1.82) is 0 Å². The predicted molar refractivity (Wildman–Crippen MR) is 90.7 cm³/mol. The zero-order chi connectivity index (χ0) is 17.4. The Morgan fingerprint density at radius 3 is 2.62 bits per heavy atom. The number of nitrogens with one attached hydrogen (secondary N) is 2. The van der Waals surface area contributed by atoms with Gasteiger partial charge in [-0.25, -0.2) is 9.78 Å². The first-order chi connectivity index (χ1) is 11.6. The van der Waals surface area contributed by atoms with Gasteiger partial charge in [0.25, 0.3) is 5.56 Å². The molecule has 1 aromatic carbocycles. The summed E-state index contributed by atoms with van der Waals surface area (Å²) in [5, 5.41) is 3.01. The fourth-order valence-electron chi connectivity index (χ4n) is 2.00. The number of esters is 1. The highest BCUT2D eigenvalue weighted by atomic mass is 16.6. The molecule has 0 unspecified atom stereocenters. The topological polar surface area (TPSA) is 93.3 Å². The van der Waals surface area contributed by atoms with Gasteiger partial charge in [0.15, 0.2) is 0 Å². The van der Waals surface area contributed by atoms with Gasteiger partial charge in [0.2, 0.25) is 5.95 Å². The van der Waals surface area contributed by atoms with E-state index in [9.17, 15) is 9.59 Å². The molecule has 0 radical (unpaired) electrons. The number of ether oxygens (including phenoxy) is 2. The number of hydrogen-bond acceptors (Lipinski definition) is 6. The monoisotopic (exact) mass is 331 g/mol. The number of H-pyrrole nitrogens is 1. The van der Waals surface area contributed by atoms with E-state index in [1.165, 1.54) is 6.07 Å². The Kier molecular flexibility index (Phi) is 6.51. The molecule has 0 bridgehead atoms. The summed E-state index contributed by atoms with van der Waals surface area (Å²) in [4.78, 5) is 30.3. The van der Waals surface area contributed by atoms with Gasteiger partial charge in [-0.15, -0.1) is 0 Å². The van der Waals surface area contributed by atoms with Crippen LogP contribution in [0.15, 0.2) is 35.1 Å². The summed E-state index contributed by atoms with van der Waals surface area (Å²) in [5.41, 5.74) is 1.65. The lowest BCUT2D eigenvalue weighted by molar-refractivity contribution is 0.0335. The van der Waals surface area contributed by atoms with E-state index in [-0.39, 0.29) is 12.2 Å². The van der Waals surface area contributed by atoms with Gasteiger partial charge < -0.3 is 14.8 Å². The molecule has 0 aliphatic heterocycles. The molecule has 2 rings (SSSR count). The van der Waals surface area contributed by atoms with Crippen molar-refractivity contribution in [1.82, 2.24) is 9.97 Å². The van der Waals surface area contributed by atoms with Gasteiger partial charge in [-0.05, 0) is 37.6 Å². The van der Waals surface area contributed by atoms with Crippen LogP contribution in [0.5, 0.6) is 0 Å². The van der Waals surface area contributed by atoms with E-state index in [1.807, 2.05) is 13.8 Å². The molecular weight excluding hydrogens is 310 g/mol. The molecule has 0 aliphatic rings. The average molecular weight is 331 g/mol. The number of anilines is 2. The minimum atomic E-state index is -0.402. The molecule has 1 heterocycles. The van der Waals surface area contributed by atoms with E-state index in [0.717, 1.165) is 0 Å². The van der Waals surface area contributed by atoms with Crippen molar-refractivity contribution < 1.29 is 14.3 Å². The molecule has 0 saturated carbocycles. The number of aryl methyl sites for hydroxylation is 1. The number of carbonyl (C=O) groups is 1. The SMILES string of the molecule is CCOCCOC(=O)c1ccc(Nc2nc(CC)cc(=O)[nH]2)cc1. The van der Waals surface area contributed by atoms with Gasteiger partial charge in [0.05, 0.1) is 12.2 Å². The van der Waals surface area contributed by atoms with Crippen LogP contribution in [0.2, 0.25) is 0 Å². The average Bonchev–Trinajstić information content (AvgIpc) is 2.58. The lowest BCUT2D eigenvalue weighted by Gasteiger charge is -2.08. The van der Waals surface area contributed by atoms with E-state index >= 15 is 0 Å². The van der Waals surface area contributed by atoms with Gasteiger partial charge in [0.1, 0.15) is 6.61 Å². The van der Waals surface area contributed by atoms with Crippen molar-refractivity contribution in [2.24, 2.45) is 0 Å². The summed E-state index contributed by atoms with van der Waals surface area (Å²) in [5.74, 6) is -0.0350.